The van der Waals surface area contributed by atoms with Gasteiger partial charge in [-0.1, -0.05) is 32.4 Å². The van der Waals surface area contributed by atoms with Crippen molar-refractivity contribution in [1.29, 1.82) is 0 Å². The predicted octanol–water partition coefficient (Wildman–Crippen LogP) is 4.10. The molecule has 0 N–H and O–H groups in total. The Kier molecular flexibility index (Phi) is 8.97. The summed E-state index contributed by atoms with van der Waals surface area (Å²) >= 11 is 0. The van der Waals surface area contributed by atoms with Crippen LogP contribution in [0.3, 0.4) is 0 Å². The Bertz CT molecular complexity index is 217. The maximum atomic E-state index is 11.3. The lowest BCUT2D eigenvalue weighted by Crippen LogP contribution is -2.07. The first-order chi connectivity index (χ1) is 7.56. The van der Waals surface area contributed by atoms with Gasteiger partial charge in [-0.25, -0.2) is 0 Å². The van der Waals surface area contributed by atoms with Gasteiger partial charge in [0.2, 0.25) is 0 Å². The zero-order valence-electron chi connectivity index (χ0n) is 11.2. The Morgan fingerprint density at radius 2 is 2.00 bits per heavy atom. The summed E-state index contributed by atoms with van der Waals surface area (Å²) in [6, 6.07) is 0. The highest BCUT2D eigenvalue weighted by atomic mass is 16.5. The van der Waals surface area contributed by atoms with E-state index >= 15 is 0 Å². The normalized spacial score (nSPS) is 11.9. The molecule has 0 saturated carbocycles. The molecular formula is C14H26O2. The van der Waals surface area contributed by atoms with E-state index in [9.17, 15) is 4.79 Å². The SMILES string of the molecule is CCC=C(C)CCCC(=O)OCCC(C)C. The van der Waals surface area contributed by atoms with Crippen LogP contribution in [-0.2, 0) is 9.53 Å². The third-order valence-electron chi connectivity index (χ3n) is 2.46. The number of hydrogen-bond donors (Lipinski definition) is 0. The van der Waals surface area contributed by atoms with Crippen LogP contribution in [-0.4, -0.2) is 12.6 Å². The highest BCUT2D eigenvalue weighted by Gasteiger charge is 2.03. The average molecular weight is 226 g/mol. The third kappa shape index (κ3) is 9.75. The molecule has 0 fully saturated rings. The second kappa shape index (κ2) is 9.44. The van der Waals surface area contributed by atoms with E-state index in [0.717, 1.165) is 25.7 Å². The second-order valence-electron chi connectivity index (χ2n) is 4.72. The largest absolute Gasteiger partial charge is 0.466 e. The van der Waals surface area contributed by atoms with Gasteiger partial charge < -0.3 is 4.74 Å². The van der Waals surface area contributed by atoms with Crippen LogP contribution in [0.25, 0.3) is 0 Å². The Balaban J connectivity index is 3.47. The van der Waals surface area contributed by atoms with Gasteiger partial charge in [-0.3, -0.25) is 4.79 Å². The van der Waals surface area contributed by atoms with E-state index in [1.54, 1.807) is 0 Å². The summed E-state index contributed by atoms with van der Waals surface area (Å²) in [5.41, 5.74) is 1.37. The van der Waals surface area contributed by atoms with Crippen LogP contribution >= 0.6 is 0 Å². The average Bonchev–Trinajstić information content (AvgIpc) is 2.17. The number of carbonyl (C=O) groups excluding carboxylic acids is 1. The molecule has 0 bridgehead atoms. The monoisotopic (exact) mass is 226 g/mol. The predicted molar refractivity (Wildman–Crippen MR) is 68.3 cm³/mol. The fourth-order valence-corrected chi connectivity index (χ4v) is 1.44. The van der Waals surface area contributed by atoms with E-state index in [4.69, 9.17) is 4.74 Å². The van der Waals surface area contributed by atoms with Gasteiger partial charge in [0.05, 0.1) is 6.61 Å². The molecule has 16 heavy (non-hydrogen) atoms. The van der Waals surface area contributed by atoms with Crippen molar-refractivity contribution in [3.05, 3.63) is 11.6 Å². The first kappa shape index (κ1) is 15.2. The van der Waals surface area contributed by atoms with Crippen molar-refractivity contribution in [2.75, 3.05) is 6.61 Å². The molecule has 2 nitrogen and oxygen atoms in total. The molecule has 0 aliphatic rings. The number of esters is 1. The minimum atomic E-state index is -0.0510. The maximum Gasteiger partial charge on any atom is 0.305 e. The van der Waals surface area contributed by atoms with Crippen LogP contribution in [0.1, 0.15) is 59.8 Å². The first-order valence-corrected chi connectivity index (χ1v) is 6.37. The molecule has 0 rings (SSSR count). The highest BCUT2D eigenvalue weighted by Crippen LogP contribution is 2.08. The third-order valence-corrected chi connectivity index (χ3v) is 2.46. The van der Waals surface area contributed by atoms with Crippen LogP contribution in [0.5, 0.6) is 0 Å². The van der Waals surface area contributed by atoms with Crippen molar-refractivity contribution in [2.24, 2.45) is 5.92 Å². The standard InChI is InChI=1S/C14H26O2/c1-5-7-13(4)8-6-9-14(15)16-11-10-12(2)3/h7,12H,5-6,8-11H2,1-4H3. The molecule has 0 radical (unpaired) electrons. The van der Waals surface area contributed by atoms with E-state index < -0.39 is 0 Å². The van der Waals surface area contributed by atoms with Crippen molar-refractivity contribution in [3.8, 4) is 0 Å². The number of carbonyl (C=O) groups is 1. The lowest BCUT2D eigenvalue weighted by molar-refractivity contribution is -0.144. The van der Waals surface area contributed by atoms with Gasteiger partial charge >= 0.3 is 5.97 Å². The lowest BCUT2D eigenvalue weighted by Gasteiger charge is -2.06. The summed E-state index contributed by atoms with van der Waals surface area (Å²) < 4.78 is 5.14. The van der Waals surface area contributed by atoms with Crippen LogP contribution in [0.4, 0.5) is 0 Å². The van der Waals surface area contributed by atoms with Gasteiger partial charge in [-0.05, 0) is 38.5 Å². The van der Waals surface area contributed by atoms with Crippen LogP contribution in [0, 0.1) is 5.92 Å². The Morgan fingerprint density at radius 3 is 2.56 bits per heavy atom. The molecule has 0 unspecified atom stereocenters. The van der Waals surface area contributed by atoms with Gasteiger partial charge in [0.1, 0.15) is 0 Å². The zero-order chi connectivity index (χ0) is 12.4. The zero-order valence-corrected chi connectivity index (χ0v) is 11.2. The molecule has 0 amide bonds. The van der Waals surface area contributed by atoms with E-state index in [1.165, 1.54) is 5.57 Å². The van der Waals surface area contributed by atoms with Gasteiger partial charge in [0, 0.05) is 6.42 Å². The van der Waals surface area contributed by atoms with Crippen LogP contribution in [0.15, 0.2) is 11.6 Å². The number of rotatable bonds is 8. The summed E-state index contributed by atoms with van der Waals surface area (Å²) in [6.45, 7) is 9.08. The van der Waals surface area contributed by atoms with E-state index in [1.807, 2.05) is 0 Å². The molecule has 0 aromatic heterocycles. The summed E-state index contributed by atoms with van der Waals surface area (Å²) in [6.07, 6.45) is 6.71. The van der Waals surface area contributed by atoms with Gasteiger partial charge in [-0.15, -0.1) is 0 Å². The van der Waals surface area contributed by atoms with Crippen molar-refractivity contribution in [1.82, 2.24) is 0 Å². The minimum absolute atomic E-state index is 0.0510. The van der Waals surface area contributed by atoms with Gasteiger partial charge in [-0.2, -0.15) is 0 Å². The number of hydrogen-bond acceptors (Lipinski definition) is 2. The van der Waals surface area contributed by atoms with Crippen molar-refractivity contribution in [3.63, 3.8) is 0 Å². The van der Waals surface area contributed by atoms with E-state index in [-0.39, 0.29) is 5.97 Å². The smallest absolute Gasteiger partial charge is 0.305 e. The summed E-state index contributed by atoms with van der Waals surface area (Å²) in [7, 11) is 0. The molecular weight excluding hydrogens is 200 g/mol. The van der Waals surface area contributed by atoms with Crippen LogP contribution < -0.4 is 0 Å². The van der Waals surface area contributed by atoms with Gasteiger partial charge in [0.25, 0.3) is 0 Å². The summed E-state index contributed by atoms with van der Waals surface area (Å²) in [4.78, 5) is 11.3. The summed E-state index contributed by atoms with van der Waals surface area (Å²) in [5, 5.41) is 0. The molecule has 0 heterocycles. The fraction of sp³-hybridized carbons (Fsp3) is 0.786. The Hall–Kier alpha value is -0.790. The molecule has 94 valence electrons. The van der Waals surface area contributed by atoms with Crippen LogP contribution in [0.2, 0.25) is 0 Å². The molecule has 0 aromatic rings. The molecule has 0 aliphatic heterocycles. The number of allylic oxidation sites excluding steroid dienone is 2. The molecule has 0 spiro atoms. The Morgan fingerprint density at radius 1 is 1.31 bits per heavy atom. The quantitative estimate of drug-likeness (QED) is 0.460. The molecule has 0 atom stereocenters. The summed E-state index contributed by atoms with van der Waals surface area (Å²) in [5.74, 6) is 0.549. The topological polar surface area (TPSA) is 26.3 Å². The van der Waals surface area contributed by atoms with Crippen molar-refractivity contribution < 1.29 is 9.53 Å². The van der Waals surface area contributed by atoms with Crippen molar-refractivity contribution >= 4 is 5.97 Å². The second-order valence-corrected chi connectivity index (χ2v) is 4.72. The molecule has 0 saturated heterocycles. The molecule has 2 heteroatoms. The lowest BCUT2D eigenvalue weighted by atomic mass is 10.1. The van der Waals surface area contributed by atoms with E-state index in [0.29, 0.717) is 18.9 Å². The van der Waals surface area contributed by atoms with Gasteiger partial charge in [0.15, 0.2) is 0 Å². The maximum absolute atomic E-state index is 11.3. The number of ether oxygens (including phenoxy) is 1. The van der Waals surface area contributed by atoms with E-state index in [2.05, 4.69) is 33.8 Å². The van der Waals surface area contributed by atoms with Crippen molar-refractivity contribution in [2.45, 2.75) is 59.8 Å². The first-order valence-electron chi connectivity index (χ1n) is 6.37. The highest BCUT2D eigenvalue weighted by molar-refractivity contribution is 5.69. The Labute approximate surface area is 100 Å². The molecule has 0 aromatic carbocycles. The fourth-order valence-electron chi connectivity index (χ4n) is 1.44. The minimum Gasteiger partial charge on any atom is -0.466 e. The molecule has 0 aliphatic carbocycles.